The van der Waals surface area contributed by atoms with Crippen molar-refractivity contribution in [3.63, 3.8) is 0 Å². The van der Waals surface area contributed by atoms with Gasteiger partial charge in [0.1, 0.15) is 5.56 Å². The number of ether oxygens (including phenoxy) is 1. The molecule has 6 nitrogen and oxygen atoms in total. The number of fused-ring (bicyclic) bond motifs is 1. The molecule has 1 aliphatic rings. The van der Waals surface area contributed by atoms with Gasteiger partial charge in [-0.15, -0.1) is 0 Å². The Morgan fingerprint density at radius 1 is 1.32 bits per heavy atom. The topological polar surface area (TPSA) is 76.5 Å². The van der Waals surface area contributed by atoms with Crippen molar-refractivity contribution >= 4 is 11.6 Å². The van der Waals surface area contributed by atoms with Gasteiger partial charge in [-0.3, -0.25) is 9.89 Å². The molecule has 0 amide bonds. The molecule has 2 aromatic heterocycles. The van der Waals surface area contributed by atoms with Crippen molar-refractivity contribution in [1.29, 1.82) is 0 Å². The van der Waals surface area contributed by atoms with Crippen LogP contribution in [-0.4, -0.2) is 27.2 Å². The van der Waals surface area contributed by atoms with Gasteiger partial charge in [0.25, 0.3) is 5.56 Å². The van der Waals surface area contributed by atoms with Crippen molar-refractivity contribution in [2.75, 3.05) is 6.61 Å². The SMILES string of the molecule is CCOC(=O)c1c[nH]n2c(=O)cc(-c3ccc([C@@H]4CCCC4(C)C)cc3)nc12. The number of aromatic amines is 1. The van der Waals surface area contributed by atoms with E-state index in [1.165, 1.54) is 41.6 Å². The van der Waals surface area contributed by atoms with Crippen LogP contribution in [0.3, 0.4) is 0 Å². The highest BCUT2D eigenvalue weighted by Crippen LogP contribution is 2.48. The zero-order chi connectivity index (χ0) is 19.9. The van der Waals surface area contributed by atoms with E-state index in [0.29, 0.717) is 17.0 Å². The maximum Gasteiger partial charge on any atom is 0.343 e. The van der Waals surface area contributed by atoms with Gasteiger partial charge >= 0.3 is 5.97 Å². The van der Waals surface area contributed by atoms with Gasteiger partial charge in [-0.2, -0.15) is 0 Å². The molecule has 1 aromatic carbocycles. The summed E-state index contributed by atoms with van der Waals surface area (Å²) in [5.41, 5.74) is 3.32. The van der Waals surface area contributed by atoms with E-state index in [1.807, 2.05) is 12.1 Å². The quantitative estimate of drug-likeness (QED) is 0.691. The van der Waals surface area contributed by atoms with Crippen molar-refractivity contribution in [3.05, 3.63) is 58.0 Å². The first-order valence-electron chi connectivity index (χ1n) is 9.79. The van der Waals surface area contributed by atoms with E-state index in [4.69, 9.17) is 4.74 Å². The van der Waals surface area contributed by atoms with Crippen LogP contribution in [0.15, 0.2) is 41.3 Å². The van der Waals surface area contributed by atoms with Crippen LogP contribution in [0.4, 0.5) is 0 Å². The molecule has 1 aliphatic carbocycles. The van der Waals surface area contributed by atoms with E-state index < -0.39 is 5.97 Å². The fourth-order valence-electron chi connectivity index (χ4n) is 4.32. The van der Waals surface area contributed by atoms with Crippen LogP contribution in [0.1, 0.15) is 61.9 Å². The van der Waals surface area contributed by atoms with Gasteiger partial charge in [0.05, 0.1) is 12.3 Å². The molecular formula is C22H25N3O3. The van der Waals surface area contributed by atoms with Crippen LogP contribution in [0.25, 0.3) is 16.9 Å². The normalized spacial score (nSPS) is 18.5. The molecule has 2 heterocycles. The van der Waals surface area contributed by atoms with Gasteiger partial charge in [-0.25, -0.2) is 14.3 Å². The zero-order valence-corrected chi connectivity index (χ0v) is 16.5. The standard InChI is InChI=1S/C22H25N3O3/c1-4-28-21(27)16-13-23-25-19(26)12-18(24-20(16)25)15-9-7-14(8-10-15)17-6-5-11-22(17,2)3/h7-10,12-13,17,23H,4-6,11H2,1-3H3/t17-/m0/s1. The predicted molar refractivity (Wildman–Crippen MR) is 108 cm³/mol. The molecule has 146 valence electrons. The minimum Gasteiger partial charge on any atom is -0.462 e. The Hall–Kier alpha value is -2.89. The molecule has 0 bridgehead atoms. The van der Waals surface area contributed by atoms with Crippen molar-refractivity contribution in [3.8, 4) is 11.3 Å². The number of nitrogens with one attached hydrogen (secondary N) is 1. The molecule has 6 heteroatoms. The minimum atomic E-state index is -0.496. The van der Waals surface area contributed by atoms with E-state index >= 15 is 0 Å². The lowest BCUT2D eigenvalue weighted by atomic mass is 9.77. The highest BCUT2D eigenvalue weighted by molar-refractivity contribution is 5.95. The number of H-pyrrole nitrogens is 1. The number of aromatic nitrogens is 3. The second-order valence-corrected chi connectivity index (χ2v) is 8.10. The summed E-state index contributed by atoms with van der Waals surface area (Å²) >= 11 is 0. The molecule has 1 saturated carbocycles. The second kappa shape index (κ2) is 6.93. The molecule has 0 radical (unpaired) electrons. The number of benzene rings is 1. The molecule has 0 unspecified atom stereocenters. The van der Waals surface area contributed by atoms with Gasteiger partial charge in [0.15, 0.2) is 5.65 Å². The van der Waals surface area contributed by atoms with Crippen molar-refractivity contribution in [2.24, 2.45) is 5.41 Å². The average molecular weight is 379 g/mol. The largest absolute Gasteiger partial charge is 0.462 e. The summed E-state index contributed by atoms with van der Waals surface area (Å²) in [7, 11) is 0. The lowest BCUT2D eigenvalue weighted by Gasteiger charge is -2.27. The summed E-state index contributed by atoms with van der Waals surface area (Å²) in [6, 6.07) is 9.78. The number of esters is 1. The smallest absolute Gasteiger partial charge is 0.343 e. The van der Waals surface area contributed by atoms with Crippen LogP contribution >= 0.6 is 0 Å². The predicted octanol–water partition coefficient (Wildman–Crippen LogP) is 4.16. The molecule has 1 atom stereocenters. The first kappa shape index (κ1) is 18.5. The second-order valence-electron chi connectivity index (χ2n) is 8.10. The average Bonchev–Trinajstić information content (AvgIpc) is 3.25. The summed E-state index contributed by atoms with van der Waals surface area (Å²) in [6.07, 6.45) is 5.18. The number of hydrogen-bond acceptors (Lipinski definition) is 4. The Morgan fingerprint density at radius 3 is 2.71 bits per heavy atom. The van der Waals surface area contributed by atoms with E-state index in [1.54, 1.807) is 6.92 Å². The van der Waals surface area contributed by atoms with Crippen LogP contribution in [0.5, 0.6) is 0 Å². The van der Waals surface area contributed by atoms with Crippen LogP contribution in [-0.2, 0) is 4.74 Å². The number of nitrogens with zero attached hydrogens (tertiary/aromatic N) is 2. The maximum absolute atomic E-state index is 12.5. The van der Waals surface area contributed by atoms with Gasteiger partial charge in [0.2, 0.25) is 0 Å². The monoisotopic (exact) mass is 379 g/mol. The Balaban J connectivity index is 1.72. The number of hydrogen-bond donors (Lipinski definition) is 1. The van der Waals surface area contributed by atoms with E-state index in [-0.39, 0.29) is 23.4 Å². The molecule has 28 heavy (non-hydrogen) atoms. The van der Waals surface area contributed by atoms with Gasteiger partial charge in [-0.1, -0.05) is 44.5 Å². The number of rotatable bonds is 4. The fraction of sp³-hybridized carbons (Fsp3) is 0.409. The van der Waals surface area contributed by atoms with Crippen molar-refractivity contribution in [2.45, 2.75) is 46.0 Å². The molecule has 0 aliphatic heterocycles. The maximum atomic E-state index is 12.5. The summed E-state index contributed by atoms with van der Waals surface area (Å²) in [5, 5.41) is 2.77. The molecule has 4 rings (SSSR count). The molecular weight excluding hydrogens is 354 g/mol. The van der Waals surface area contributed by atoms with E-state index in [9.17, 15) is 9.59 Å². The summed E-state index contributed by atoms with van der Waals surface area (Å²) in [5.74, 6) is 0.0619. The van der Waals surface area contributed by atoms with Crippen molar-refractivity contribution < 1.29 is 9.53 Å². The van der Waals surface area contributed by atoms with Crippen LogP contribution < -0.4 is 5.56 Å². The summed E-state index contributed by atoms with van der Waals surface area (Å²) in [6.45, 7) is 6.67. The summed E-state index contributed by atoms with van der Waals surface area (Å²) in [4.78, 5) is 29.2. The highest BCUT2D eigenvalue weighted by Gasteiger charge is 2.35. The third-order valence-corrected chi connectivity index (χ3v) is 5.86. The number of carbonyl (C=O) groups excluding carboxylic acids is 1. The molecule has 3 aromatic rings. The molecule has 0 spiro atoms. The Bertz CT molecular complexity index is 1080. The van der Waals surface area contributed by atoms with Gasteiger partial charge in [0, 0.05) is 17.8 Å². The summed E-state index contributed by atoms with van der Waals surface area (Å²) < 4.78 is 6.31. The van der Waals surface area contributed by atoms with E-state index in [0.717, 1.165) is 5.56 Å². The lowest BCUT2D eigenvalue weighted by molar-refractivity contribution is 0.0528. The van der Waals surface area contributed by atoms with Gasteiger partial charge < -0.3 is 4.74 Å². The Kier molecular flexibility index (Phi) is 4.57. The fourth-order valence-corrected chi connectivity index (χ4v) is 4.32. The van der Waals surface area contributed by atoms with Crippen LogP contribution in [0.2, 0.25) is 0 Å². The Morgan fingerprint density at radius 2 is 2.07 bits per heavy atom. The molecule has 0 saturated heterocycles. The minimum absolute atomic E-state index is 0.255. The first-order valence-corrected chi connectivity index (χ1v) is 9.79. The third kappa shape index (κ3) is 3.13. The van der Waals surface area contributed by atoms with Crippen LogP contribution in [0, 0.1) is 5.41 Å². The molecule has 1 fully saturated rings. The van der Waals surface area contributed by atoms with Crippen molar-refractivity contribution in [1.82, 2.24) is 14.6 Å². The molecule has 1 N–H and O–H groups in total. The zero-order valence-electron chi connectivity index (χ0n) is 16.5. The first-order chi connectivity index (χ1) is 13.4. The third-order valence-electron chi connectivity index (χ3n) is 5.86. The highest BCUT2D eigenvalue weighted by atomic mass is 16.5. The number of carbonyl (C=O) groups is 1. The van der Waals surface area contributed by atoms with E-state index in [2.05, 4.69) is 36.1 Å². The van der Waals surface area contributed by atoms with Gasteiger partial charge in [-0.05, 0) is 36.7 Å². The Labute approximate surface area is 163 Å². The lowest BCUT2D eigenvalue weighted by Crippen LogP contribution is -2.16.